The van der Waals surface area contributed by atoms with E-state index in [1.807, 2.05) is 6.92 Å². The third kappa shape index (κ3) is 2.96. The third-order valence-electron chi connectivity index (χ3n) is 3.83. The molecular formula is C12H25NO. The monoisotopic (exact) mass is 199 g/mol. The van der Waals surface area contributed by atoms with Gasteiger partial charge in [-0.2, -0.15) is 0 Å². The van der Waals surface area contributed by atoms with E-state index in [0.29, 0.717) is 17.9 Å². The molecule has 0 saturated heterocycles. The Morgan fingerprint density at radius 3 is 2.36 bits per heavy atom. The van der Waals surface area contributed by atoms with E-state index in [2.05, 4.69) is 33.0 Å². The summed E-state index contributed by atoms with van der Waals surface area (Å²) in [6.45, 7) is 12.4. The molecule has 2 N–H and O–H groups in total. The molecule has 1 aliphatic carbocycles. The number of rotatable bonds is 5. The second-order valence-electron chi connectivity index (χ2n) is 6.03. The highest BCUT2D eigenvalue weighted by Gasteiger charge is 2.44. The van der Waals surface area contributed by atoms with Gasteiger partial charge < -0.3 is 10.4 Å². The molecule has 2 nitrogen and oxygen atoms in total. The van der Waals surface area contributed by atoms with Crippen LogP contribution in [0.3, 0.4) is 0 Å². The topological polar surface area (TPSA) is 32.3 Å². The second kappa shape index (κ2) is 3.82. The third-order valence-corrected chi connectivity index (χ3v) is 3.83. The van der Waals surface area contributed by atoms with Crippen LogP contribution in [-0.2, 0) is 0 Å². The Balaban J connectivity index is 2.16. The summed E-state index contributed by atoms with van der Waals surface area (Å²) in [5.74, 6) is 1.12. The Kier molecular flexibility index (Phi) is 3.27. The fourth-order valence-corrected chi connectivity index (χ4v) is 1.63. The highest BCUT2D eigenvalue weighted by Crippen LogP contribution is 2.50. The predicted octanol–water partition coefficient (Wildman–Crippen LogP) is 2.03. The Hall–Kier alpha value is -0.0800. The number of nitrogens with one attached hydrogen (secondary N) is 1. The molecule has 0 aliphatic heterocycles. The summed E-state index contributed by atoms with van der Waals surface area (Å²) in [5.41, 5.74) is -0.0320. The SMILES string of the molecule is CC(C)C(C)(O)CNCC1CC1(C)C. The van der Waals surface area contributed by atoms with Gasteiger partial charge in [-0.1, -0.05) is 27.7 Å². The fraction of sp³-hybridized carbons (Fsp3) is 1.00. The van der Waals surface area contributed by atoms with Gasteiger partial charge in [-0.15, -0.1) is 0 Å². The average Bonchev–Trinajstić information content (AvgIpc) is 2.58. The van der Waals surface area contributed by atoms with Crippen LogP contribution in [-0.4, -0.2) is 23.8 Å². The van der Waals surface area contributed by atoms with E-state index in [1.54, 1.807) is 0 Å². The van der Waals surface area contributed by atoms with E-state index in [-0.39, 0.29) is 0 Å². The van der Waals surface area contributed by atoms with Crippen LogP contribution in [0, 0.1) is 17.3 Å². The zero-order chi connectivity index (χ0) is 11.0. The van der Waals surface area contributed by atoms with Gasteiger partial charge in [0.05, 0.1) is 5.60 Å². The maximum atomic E-state index is 9.99. The van der Waals surface area contributed by atoms with Crippen molar-refractivity contribution in [2.24, 2.45) is 17.3 Å². The van der Waals surface area contributed by atoms with Crippen molar-refractivity contribution in [1.29, 1.82) is 0 Å². The molecule has 1 fully saturated rings. The van der Waals surface area contributed by atoms with Crippen molar-refractivity contribution in [1.82, 2.24) is 5.32 Å². The smallest absolute Gasteiger partial charge is 0.0766 e. The first-order valence-electron chi connectivity index (χ1n) is 5.69. The number of hydrogen-bond acceptors (Lipinski definition) is 2. The van der Waals surface area contributed by atoms with Crippen molar-refractivity contribution in [2.75, 3.05) is 13.1 Å². The van der Waals surface area contributed by atoms with Crippen LogP contribution in [0.5, 0.6) is 0 Å². The second-order valence-corrected chi connectivity index (χ2v) is 6.03. The lowest BCUT2D eigenvalue weighted by Crippen LogP contribution is -2.42. The van der Waals surface area contributed by atoms with Crippen LogP contribution >= 0.6 is 0 Å². The van der Waals surface area contributed by atoms with Gasteiger partial charge >= 0.3 is 0 Å². The Morgan fingerprint density at radius 2 is 2.00 bits per heavy atom. The van der Waals surface area contributed by atoms with E-state index >= 15 is 0 Å². The summed E-state index contributed by atoms with van der Waals surface area (Å²) in [6, 6.07) is 0. The maximum absolute atomic E-state index is 9.99. The number of aliphatic hydroxyl groups is 1. The highest BCUT2D eigenvalue weighted by molar-refractivity contribution is 4.96. The molecule has 1 rings (SSSR count). The molecule has 1 aliphatic rings. The lowest BCUT2D eigenvalue weighted by atomic mass is 9.92. The van der Waals surface area contributed by atoms with E-state index in [4.69, 9.17) is 0 Å². The molecule has 0 aromatic carbocycles. The van der Waals surface area contributed by atoms with Gasteiger partial charge in [-0.05, 0) is 37.1 Å². The van der Waals surface area contributed by atoms with Crippen LogP contribution in [0.25, 0.3) is 0 Å². The molecule has 0 aromatic rings. The molecule has 84 valence electrons. The van der Waals surface area contributed by atoms with Crippen molar-refractivity contribution >= 4 is 0 Å². The maximum Gasteiger partial charge on any atom is 0.0766 e. The minimum absolute atomic E-state index is 0.308. The van der Waals surface area contributed by atoms with Crippen molar-refractivity contribution in [2.45, 2.75) is 46.6 Å². The predicted molar refractivity (Wildman–Crippen MR) is 60.2 cm³/mol. The van der Waals surface area contributed by atoms with E-state index in [1.165, 1.54) is 6.42 Å². The van der Waals surface area contributed by atoms with Crippen molar-refractivity contribution in [3.05, 3.63) is 0 Å². The van der Waals surface area contributed by atoms with Crippen LogP contribution < -0.4 is 5.32 Å². The van der Waals surface area contributed by atoms with Gasteiger partial charge in [0.15, 0.2) is 0 Å². The first-order valence-corrected chi connectivity index (χ1v) is 5.69. The van der Waals surface area contributed by atoms with Crippen LogP contribution in [0.4, 0.5) is 0 Å². The summed E-state index contributed by atoms with van der Waals surface area (Å²) in [5, 5.41) is 13.4. The molecular weight excluding hydrogens is 174 g/mol. The summed E-state index contributed by atoms with van der Waals surface area (Å²) in [4.78, 5) is 0. The van der Waals surface area contributed by atoms with Crippen LogP contribution in [0.15, 0.2) is 0 Å². The quantitative estimate of drug-likeness (QED) is 0.710. The molecule has 0 amide bonds. The van der Waals surface area contributed by atoms with E-state index in [0.717, 1.165) is 12.5 Å². The van der Waals surface area contributed by atoms with E-state index in [9.17, 15) is 5.11 Å². The summed E-state index contributed by atoms with van der Waals surface area (Å²) in [6.07, 6.45) is 1.32. The Labute approximate surface area is 88.1 Å². The molecule has 0 heterocycles. The molecule has 0 aromatic heterocycles. The van der Waals surface area contributed by atoms with Gasteiger partial charge in [0, 0.05) is 6.54 Å². The van der Waals surface area contributed by atoms with Gasteiger partial charge in [-0.25, -0.2) is 0 Å². The molecule has 2 unspecified atom stereocenters. The largest absolute Gasteiger partial charge is 0.389 e. The average molecular weight is 199 g/mol. The van der Waals surface area contributed by atoms with Crippen LogP contribution in [0.2, 0.25) is 0 Å². The molecule has 2 atom stereocenters. The van der Waals surface area contributed by atoms with Gasteiger partial charge in [0.25, 0.3) is 0 Å². The zero-order valence-electron chi connectivity index (χ0n) is 10.2. The standard InChI is InChI=1S/C12H25NO/c1-9(2)12(5,14)8-13-7-10-6-11(10,3)4/h9-10,13-14H,6-8H2,1-5H3. The van der Waals surface area contributed by atoms with Crippen molar-refractivity contribution in [3.63, 3.8) is 0 Å². The minimum atomic E-state index is -0.570. The Morgan fingerprint density at radius 1 is 1.50 bits per heavy atom. The minimum Gasteiger partial charge on any atom is -0.389 e. The summed E-state index contributed by atoms with van der Waals surface area (Å²) >= 11 is 0. The van der Waals surface area contributed by atoms with Crippen LogP contribution in [0.1, 0.15) is 41.0 Å². The molecule has 0 spiro atoms. The van der Waals surface area contributed by atoms with Crippen molar-refractivity contribution < 1.29 is 5.11 Å². The lowest BCUT2D eigenvalue weighted by molar-refractivity contribution is 0.0140. The van der Waals surface area contributed by atoms with E-state index < -0.39 is 5.60 Å². The first-order chi connectivity index (χ1) is 6.26. The molecule has 1 saturated carbocycles. The van der Waals surface area contributed by atoms with Gasteiger partial charge in [0.2, 0.25) is 0 Å². The fourth-order valence-electron chi connectivity index (χ4n) is 1.63. The first kappa shape index (κ1) is 12.0. The molecule has 14 heavy (non-hydrogen) atoms. The van der Waals surface area contributed by atoms with Crippen molar-refractivity contribution in [3.8, 4) is 0 Å². The molecule has 0 radical (unpaired) electrons. The summed E-state index contributed by atoms with van der Waals surface area (Å²) < 4.78 is 0. The Bertz CT molecular complexity index is 196. The molecule has 2 heteroatoms. The zero-order valence-corrected chi connectivity index (χ0v) is 10.2. The molecule has 0 bridgehead atoms. The van der Waals surface area contributed by atoms with Gasteiger partial charge in [-0.3, -0.25) is 0 Å². The lowest BCUT2D eigenvalue weighted by Gasteiger charge is -2.28. The normalized spacial score (nSPS) is 28.9. The highest BCUT2D eigenvalue weighted by atomic mass is 16.3. The van der Waals surface area contributed by atoms with Gasteiger partial charge in [0.1, 0.15) is 0 Å². The summed E-state index contributed by atoms with van der Waals surface area (Å²) in [7, 11) is 0. The number of hydrogen-bond donors (Lipinski definition) is 2.